The van der Waals surface area contributed by atoms with E-state index in [0.29, 0.717) is 19.3 Å². The average Bonchev–Trinajstić information content (AvgIpc) is 2.34. The third kappa shape index (κ3) is 5.62. The van der Waals surface area contributed by atoms with Gasteiger partial charge in [0.05, 0.1) is 6.61 Å². The lowest BCUT2D eigenvalue weighted by Gasteiger charge is -2.31. The fourth-order valence-corrected chi connectivity index (χ4v) is 1.93. The standard InChI is InChI=1S/C16H27NO2/c1-6-17-15(16(2,3)4)12-19-14-9-7-8-13(10-14)11-18-5/h7-10,15,17H,6,11-12H2,1-5H3. The molecule has 0 radical (unpaired) electrons. The van der Waals surface area contributed by atoms with E-state index in [4.69, 9.17) is 9.47 Å². The molecule has 0 fully saturated rings. The third-order valence-corrected chi connectivity index (χ3v) is 3.12. The fraction of sp³-hybridized carbons (Fsp3) is 0.625. The molecule has 1 unspecified atom stereocenters. The molecule has 0 saturated heterocycles. The topological polar surface area (TPSA) is 30.5 Å². The van der Waals surface area contributed by atoms with Crippen LogP contribution in [0.1, 0.15) is 33.3 Å². The highest BCUT2D eigenvalue weighted by atomic mass is 16.5. The zero-order chi connectivity index (χ0) is 14.3. The molecule has 0 saturated carbocycles. The van der Waals surface area contributed by atoms with E-state index in [1.54, 1.807) is 7.11 Å². The molecular formula is C16H27NO2. The van der Waals surface area contributed by atoms with Gasteiger partial charge in [0.2, 0.25) is 0 Å². The molecule has 0 spiro atoms. The maximum atomic E-state index is 5.92. The van der Waals surface area contributed by atoms with Crippen molar-refractivity contribution >= 4 is 0 Å². The van der Waals surface area contributed by atoms with Gasteiger partial charge >= 0.3 is 0 Å². The van der Waals surface area contributed by atoms with E-state index in [-0.39, 0.29) is 5.41 Å². The minimum absolute atomic E-state index is 0.181. The maximum Gasteiger partial charge on any atom is 0.119 e. The summed E-state index contributed by atoms with van der Waals surface area (Å²) in [5, 5.41) is 3.48. The molecule has 0 aromatic heterocycles. The number of hydrogen-bond acceptors (Lipinski definition) is 3. The van der Waals surface area contributed by atoms with Crippen LogP contribution in [0.2, 0.25) is 0 Å². The van der Waals surface area contributed by atoms with E-state index >= 15 is 0 Å². The number of benzene rings is 1. The zero-order valence-corrected chi connectivity index (χ0v) is 12.8. The fourth-order valence-electron chi connectivity index (χ4n) is 1.93. The van der Waals surface area contributed by atoms with Crippen molar-refractivity contribution in [3.63, 3.8) is 0 Å². The highest BCUT2D eigenvalue weighted by Gasteiger charge is 2.24. The summed E-state index contributed by atoms with van der Waals surface area (Å²) in [6.07, 6.45) is 0. The monoisotopic (exact) mass is 265 g/mol. The van der Waals surface area contributed by atoms with E-state index in [9.17, 15) is 0 Å². The van der Waals surface area contributed by atoms with Gasteiger partial charge < -0.3 is 14.8 Å². The molecule has 0 aliphatic heterocycles. The first-order valence-corrected chi connectivity index (χ1v) is 6.91. The largest absolute Gasteiger partial charge is 0.492 e. The molecule has 1 rings (SSSR count). The molecule has 108 valence electrons. The Balaban J connectivity index is 2.61. The lowest BCUT2D eigenvalue weighted by molar-refractivity contribution is 0.173. The molecule has 3 heteroatoms. The van der Waals surface area contributed by atoms with Crippen LogP contribution in [-0.4, -0.2) is 26.3 Å². The van der Waals surface area contributed by atoms with E-state index in [0.717, 1.165) is 17.9 Å². The Bertz CT molecular complexity index is 371. The van der Waals surface area contributed by atoms with Gasteiger partial charge in [-0.25, -0.2) is 0 Å². The van der Waals surface area contributed by atoms with Crippen LogP contribution < -0.4 is 10.1 Å². The molecule has 3 nitrogen and oxygen atoms in total. The van der Waals surface area contributed by atoms with Crippen molar-refractivity contribution in [3.05, 3.63) is 29.8 Å². The van der Waals surface area contributed by atoms with Gasteiger partial charge in [-0.2, -0.15) is 0 Å². The highest BCUT2D eigenvalue weighted by Crippen LogP contribution is 2.21. The van der Waals surface area contributed by atoms with Crippen LogP contribution in [0.15, 0.2) is 24.3 Å². The van der Waals surface area contributed by atoms with Gasteiger partial charge in [-0.3, -0.25) is 0 Å². The predicted octanol–water partition coefficient (Wildman–Crippen LogP) is 3.24. The molecular weight excluding hydrogens is 238 g/mol. The van der Waals surface area contributed by atoms with Gasteiger partial charge in [0.1, 0.15) is 12.4 Å². The lowest BCUT2D eigenvalue weighted by Crippen LogP contribution is -2.44. The summed E-state index contributed by atoms with van der Waals surface area (Å²) in [5.74, 6) is 0.904. The lowest BCUT2D eigenvalue weighted by atomic mass is 9.87. The molecule has 1 aromatic rings. The van der Waals surface area contributed by atoms with Crippen LogP contribution in [0.5, 0.6) is 5.75 Å². The molecule has 1 atom stereocenters. The Hall–Kier alpha value is -1.06. The van der Waals surface area contributed by atoms with Crippen LogP contribution in [-0.2, 0) is 11.3 Å². The predicted molar refractivity (Wildman–Crippen MR) is 79.6 cm³/mol. The smallest absolute Gasteiger partial charge is 0.119 e. The van der Waals surface area contributed by atoms with Gasteiger partial charge in [0, 0.05) is 13.2 Å². The number of hydrogen-bond donors (Lipinski definition) is 1. The Morgan fingerprint density at radius 3 is 2.58 bits per heavy atom. The Morgan fingerprint density at radius 1 is 1.26 bits per heavy atom. The first-order chi connectivity index (χ1) is 8.97. The SMILES string of the molecule is CCNC(COc1cccc(COC)c1)C(C)(C)C. The minimum atomic E-state index is 0.181. The molecule has 19 heavy (non-hydrogen) atoms. The second-order valence-electron chi connectivity index (χ2n) is 5.87. The molecule has 1 N–H and O–H groups in total. The van der Waals surface area contributed by atoms with Gasteiger partial charge in [0.15, 0.2) is 0 Å². The summed E-state index contributed by atoms with van der Waals surface area (Å²) in [6.45, 7) is 11.1. The van der Waals surface area contributed by atoms with Gasteiger partial charge in [-0.1, -0.05) is 39.8 Å². The molecule has 1 aromatic carbocycles. The van der Waals surface area contributed by atoms with Crippen molar-refractivity contribution in [1.82, 2.24) is 5.32 Å². The van der Waals surface area contributed by atoms with Crippen molar-refractivity contribution < 1.29 is 9.47 Å². The van der Waals surface area contributed by atoms with E-state index < -0.39 is 0 Å². The van der Waals surface area contributed by atoms with Crippen LogP contribution in [0.25, 0.3) is 0 Å². The summed E-state index contributed by atoms with van der Waals surface area (Å²) in [6, 6.07) is 8.41. The zero-order valence-electron chi connectivity index (χ0n) is 12.8. The van der Waals surface area contributed by atoms with E-state index in [1.807, 2.05) is 24.3 Å². The molecule has 0 amide bonds. The van der Waals surface area contributed by atoms with Crippen molar-refractivity contribution in [1.29, 1.82) is 0 Å². The van der Waals surface area contributed by atoms with Crippen LogP contribution >= 0.6 is 0 Å². The van der Waals surface area contributed by atoms with Crippen molar-refractivity contribution in [2.45, 2.75) is 40.3 Å². The Morgan fingerprint density at radius 2 is 2.00 bits per heavy atom. The van der Waals surface area contributed by atoms with E-state index in [2.05, 4.69) is 33.0 Å². The molecule has 0 heterocycles. The molecule has 0 aliphatic carbocycles. The summed E-state index contributed by atoms with van der Waals surface area (Å²) in [5.41, 5.74) is 1.32. The number of rotatable bonds is 7. The number of methoxy groups -OCH3 is 1. The second kappa shape index (κ2) is 7.51. The average molecular weight is 265 g/mol. The summed E-state index contributed by atoms with van der Waals surface area (Å²) >= 11 is 0. The summed E-state index contributed by atoms with van der Waals surface area (Å²) < 4.78 is 11.0. The first-order valence-electron chi connectivity index (χ1n) is 6.91. The van der Waals surface area contributed by atoms with E-state index in [1.165, 1.54) is 0 Å². The molecule has 0 bridgehead atoms. The summed E-state index contributed by atoms with van der Waals surface area (Å²) in [4.78, 5) is 0. The Kier molecular flexibility index (Phi) is 6.32. The van der Waals surface area contributed by atoms with Crippen LogP contribution in [0.3, 0.4) is 0 Å². The van der Waals surface area contributed by atoms with Crippen molar-refractivity contribution in [2.75, 3.05) is 20.3 Å². The third-order valence-electron chi connectivity index (χ3n) is 3.12. The second-order valence-corrected chi connectivity index (χ2v) is 5.87. The first kappa shape index (κ1) is 16.0. The summed E-state index contributed by atoms with van der Waals surface area (Å²) in [7, 11) is 1.70. The quantitative estimate of drug-likeness (QED) is 0.821. The van der Waals surface area contributed by atoms with Crippen molar-refractivity contribution in [2.24, 2.45) is 5.41 Å². The van der Waals surface area contributed by atoms with Gasteiger partial charge in [-0.15, -0.1) is 0 Å². The maximum absolute atomic E-state index is 5.92. The van der Waals surface area contributed by atoms with Crippen molar-refractivity contribution in [3.8, 4) is 5.75 Å². The van der Waals surface area contributed by atoms with Gasteiger partial charge in [-0.05, 0) is 29.7 Å². The normalized spacial score (nSPS) is 13.3. The number of ether oxygens (including phenoxy) is 2. The molecule has 0 aliphatic rings. The highest BCUT2D eigenvalue weighted by molar-refractivity contribution is 5.28. The number of nitrogens with one attached hydrogen (secondary N) is 1. The van der Waals surface area contributed by atoms with Crippen LogP contribution in [0.4, 0.5) is 0 Å². The minimum Gasteiger partial charge on any atom is -0.492 e. The number of likely N-dealkylation sites (N-methyl/N-ethyl adjacent to an activating group) is 1. The Labute approximate surface area is 117 Å². The van der Waals surface area contributed by atoms with Crippen LogP contribution in [0, 0.1) is 5.41 Å². The van der Waals surface area contributed by atoms with Gasteiger partial charge in [0.25, 0.3) is 0 Å².